The first-order valence-electron chi connectivity index (χ1n) is 7.34. The number of rotatable bonds is 4. The summed E-state index contributed by atoms with van der Waals surface area (Å²) in [5, 5.41) is 12.2. The first-order valence-corrected chi connectivity index (χ1v) is 8.59. The molecule has 0 aliphatic rings. The topological polar surface area (TPSA) is 37.5 Å². The van der Waals surface area contributed by atoms with Crippen LogP contribution in [-0.2, 0) is 6.54 Å². The predicted octanol–water partition coefficient (Wildman–Crippen LogP) is 1.41. The van der Waals surface area contributed by atoms with Crippen LogP contribution >= 0.6 is 22.9 Å². The third kappa shape index (κ3) is 4.36. The molecule has 6 heteroatoms. The lowest BCUT2D eigenvalue weighted by molar-refractivity contribution is -0.00000567. The molecule has 2 aromatic carbocycles. The van der Waals surface area contributed by atoms with Gasteiger partial charge in [0.2, 0.25) is 0 Å². The van der Waals surface area contributed by atoms with Crippen molar-refractivity contribution in [3.8, 4) is 11.3 Å². The molecule has 0 atom stereocenters. The lowest BCUT2D eigenvalue weighted by Gasteiger charge is -2.07. The number of nitrogens with zero attached hydrogens (tertiary/aromatic N) is 2. The molecule has 24 heavy (non-hydrogen) atoms. The van der Waals surface area contributed by atoms with Crippen LogP contribution in [0.4, 0.5) is 5.69 Å². The van der Waals surface area contributed by atoms with Gasteiger partial charge in [0, 0.05) is 16.9 Å². The first kappa shape index (κ1) is 18.9. The van der Waals surface area contributed by atoms with E-state index in [-0.39, 0.29) is 23.6 Å². The molecule has 1 heterocycles. The second kappa shape index (κ2) is 8.62. The number of benzene rings is 2. The minimum Gasteiger partial charge on any atom is -1.00 e. The van der Waals surface area contributed by atoms with Crippen molar-refractivity contribution in [3.05, 3.63) is 69.3 Å². The van der Waals surface area contributed by atoms with E-state index in [4.69, 9.17) is 16.6 Å². The van der Waals surface area contributed by atoms with E-state index in [2.05, 4.69) is 5.38 Å². The Morgan fingerprint density at radius 3 is 2.58 bits per heavy atom. The molecule has 126 valence electrons. The van der Waals surface area contributed by atoms with E-state index in [0.29, 0.717) is 11.6 Å². The van der Waals surface area contributed by atoms with Gasteiger partial charge in [-0.3, -0.25) is 0 Å². The van der Waals surface area contributed by atoms with Gasteiger partial charge in [-0.25, -0.2) is 4.99 Å². The van der Waals surface area contributed by atoms with Crippen molar-refractivity contribution in [2.24, 2.45) is 4.99 Å². The van der Waals surface area contributed by atoms with E-state index in [1.165, 1.54) is 5.56 Å². The molecule has 0 unspecified atom stereocenters. The summed E-state index contributed by atoms with van der Waals surface area (Å²) in [5.41, 5.74) is 4.19. The van der Waals surface area contributed by atoms with Gasteiger partial charge in [-0.2, -0.15) is 0 Å². The van der Waals surface area contributed by atoms with Crippen molar-refractivity contribution in [2.45, 2.75) is 13.5 Å². The Labute approximate surface area is 160 Å². The molecule has 0 aliphatic carbocycles. The Morgan fingerprint density at radius 1 is 1.17 bits per heavy atom. The molecule has 0 radical (unpaired) electrons. The molecule has 1 N–H and O–H groups in total. The fourth-order valence-electron chi connectivity index (χ4n) is 2.39. The van der Waals surface area contributed by atoms with E-state index in [9.17, 15) is 5.11 Å². The highest BCUT2D eigenvalue weighted by Gasteiger charge is 2.08. The first-order chi connectivity index (χ1) is 11.2. The lowest BCUT2D eigenvalue weighted by atomic mass is 10.2. The maximum atomic E-state index is 9.41. The highest BCUT2D eigenvalue weighted by Crippen LogP contribution is 2.23. The third-order valence-corrected chi connectivity index (χ3v) is 4.60. The van der Waals surface area contributed by atoms with Crippen LogP contribution in [0.5, 0.6) is 0 Å². The summed E-state index contributed by atoms with van der Waals surface area (Å²) < 4.78 is 2.04. The van der Waals surface area contributed by atoms with Crippen molar-refractivity contribution >= 4 is 28.6 Å². The number of aryl methyl sites for hydroxylation is 1. The minimum atomic E-state index is 0. The highest BCUT2D eigenvalue weighted by atomic mass is 79.9. The van der Waals surface area contributed by atoms with Gasteiger partial charge in [0.25, 0.3) is 0 Å². The average Bonchev–Trinajstić information content (AvgIpc) is 2.91. The van der Waals surface area contributed by atoms with Crippen LogP contribution in [-0.4, -0.2) is 16.3 Å². The largest absolute Gasteiger partial charge is 1.00 e. The Hall–Kier alpha value is -1.40. The average molecular weight is 425 g/mol. The van der Waals surface area contributed by atoms with E-state index >= 15 is 0 Å². The van der Waals surface area contributed by atoms with Crippen molar-refractivity contribution in [2.75, 3.05) is 6.61 Å². The number of aromatic nitrogens is 1. The molecule has 3 aromatic rings. The van der Waals surface area contributed by atoms with Crippen molar-refractivity contribution in [1.82, 2.24) is 4.57 Å². The van der Waals surface area contributed by atoms with Gasteiger partial charge in [0.1, 0.15) is 0 Å². The minimum absolute atomic E-state index is 0. The standard InChI is InChI=1S/C18H17ClN2OS.BrH/c1-13-3-2-4-16(11-13)20-18-21(9-10-22)17(12-23-18)14-5-7-15(19)8-6-14;/h2-8,11-12,22H,9-10H2,1H3;1H/p-1. The maximum absolute atomic E-state index is 9.41. The highest BCUT2D eigenvalue weighted by molar-refractivity contribution is 7.07. The number of hydrogen-bond donors (Lipinski definition) is 1. The monoisotopic (exact) mass is 423 g/mol. The fourth-order valence-corrected chi connectivity index (χ4v) is 3.48. The quantitative estimate of drug-likeness (QED) is 0.675. The zero-order valence-electron chi connectivity index (χ0n) is 13.1. The van der Waals surface area contributed by atoms with Gasteiger partial charge in [0.15, 0.2) is 4.80 Å². The van der Waals surface area contributed by atoms with Gasteiger partial charge in [-0.15, -0.1) is 11.3 Å². The second-order valence-corrected chi connectivity index (χ2v) is 6.51. The van der Waals surface area contributed by atoms with E-state index < -0.39 is 0 Å². The Morgan fingerprint density at radius 2 is 1.92 bits per heavy atom. The molecule has 3 rings (SSSR count). The Bertz CT molecular complexity index is 871. The summed E-state index contributed by atoms with van der Waals surface area (Å²) >= 11 is 7.53. The molecule has 0 aliphatic heterocycles. The SMILES string of the molecule is Cc1cccc(N=c2scc(-c3ccc(Cl)cc3)n2CCO)c1.[Br-]. The van der Waals surface area contributed by atoms with E-state index in [1.54, 1.807) is 11.3 Å². The zero-order chi connectivity index (χ0) is 16.2. The molecule has 0 fully saturated rings. The molecule has 0 amide bonds. The number of thiazole rings is 1. The molecular formula is C18H17BrClN2OS-. The molecule has 0 bridgehead atoms. The molecular weight excluding hydrogens is 408 g/mol. The second-order valence-electron chi connectivity index (χ2n) is 5.24. The smallest absolute Gasteiger partial charge is 0.190 e. The molecule has 0 saturated heterocycles. The van der Waals surface area contributed by atoms with Crippen LogP contribution in [0.25, 0.3) is 11.3 Å². The summed E-state index contributed by atoms with van der Waals surface area (Å²) in [7, 11) is 0. The van der Waals surface area contributed by atoms with Crippen molar-refractivity contribution in [3.63, 3.8) is 0 Å². The summed E-state index contributed by atoms with van der Waals surface area (Å²) in [5.74, 6) is 0. The summed E-state index contributed by atoms with van der Waals surface area (Å²) in [6.45, 7) is 2.62. The van der Waals surface area contributed by atoms with E-state index in [1.807, 2.05) is 60.0 Å². The van der Waals surface area contributed by atoms with Gasteiger partial charge >= 0.3 is 0 Å². The van der Waals surface area contributed by atoms with Gasteiger partial charge in [-0.1, -0.05) is 35.9 Å². The number of halogens is 2. The van der Waals surface area contributed by atoms with Crippen molar-refractivity contribution in [1.29, 1.82) is 0 Å². The zero-order valence-corrected chi connectivity index (χ0v) is 16.3. The lowest BCUT2D eigenvalue weighted by Crippen LogP contribution is -3.00. The van der Waals surface area contributed by atoms with Crippen LogP contribution in [0.2, 0.25) is 5.02 Å². The molecule has 1 aromatic heterocycles. The van der Waals surface area contributed by atoms with Crippen LogP contribution in [0.15, 0.2) is 58.9 Å². The third-order valence-electron chi connectivity index (χ3n) is 3.49. The van der Waals surface area contributed by atoms with Crippen LogP contribution in [0.3, 0.4) is 0 Å². The normalized spacial score (nSPS) is 11.4. The van der Waals surface area contributed by atoms with Crippen LogP contribution < -0.4 is 21.8 Å². The Kier molecular flexibility index (Phi) is 6.80. The molecule has 3 nitrogen and oxygen atoms in total. The van der Waals surface area contributed by atoms with Crippen LogP contribution in [0, 0.1) is 6.92 Å². The van der Waals surface area contributed by atoms with Gasteiger partial charge in [-0.05, 0) is 42.3 Å². The maximum Gasteiger partial charge on any atom is 0.190 e. The van der Waals surface area contributed by atoms with Gasteiger partial charge in [0.05, 0.1) is 18.0 Å². The molecule has 0 spiro atoms. The van der Waals surface area contributed by atoms with Crippen molar-refractivity contribution < 1.29 is 22.1 Å². The fraction of sp³-hybridized carbons (Fsp3) is 0.167. The number of aliphatic hydroxyl groups is 1. The van der Waals surface area contributed by atoms with Crippen LogP contribution in [0.1, 0.15) is 5.56 Å². The summed E-state index contributed by atoms with van der Waals surface area (Å²) in [4.78, 5) is 5.60. The predicted molar refractivity (Wildman–Crippen MR) is 96.2 cm³/mol. The summed E-state index contributed by atoms with van der Waals surface area (Å²) in [6.07, 6.45) is 0. The Balaban J connectivity index is 0.00000208. The number of aliphatic hydroxyl groups excluding tert-OH is 1. The summed E-state index contributed by atoms with van der Waals surface area (Å²) in [6, 6.07) is 15.8. The molecule has 0 saturated carbocycles. The van der Waals surface area contributed by atoms with E-state index in [0.717, 1.165) is 21.7 Å². The number of hydrogen-bond acceptors (Lipinski definition) is 3. The van der Waals surface area contributed by atoms with Gasteiger partial charge < -0.3 is 26.7 Å².